The fourth-order valence-corrected chi connectivity index (χ4v) is 4.05. The number of thiocarbonyl (C=S) groups is 1. The van der Waals surface area contributed by atoms with Gasteiger partial charge in [0, 0.05) is 6.04 Å². The van der Waals surface area contributed by atoms with Crippen molar-refractivity contribution in [3.63, 3.8) is 0 Å². The van der Waals surface area contributed by atoms with Crippen molar-refractivity contribution in [3.8, 4) is 0 Å². The zero-order valence-corrected chi connectivity index (χ0v) is 11.1. The lowest BCUT2D eigenvalue weighted by atomic mass is 9.94. The Hall–Kier alpha value is -0.620. The van der Waals surface area contributed by atoms with Gasteiger partial charge in [0.05, 0.1) is 6.42 Å². The maximum atomic E-state index is 12.1. The van der Waals surface area contributed by atoms with E-state index in [1.807, 2.05) is 0 Å². The van der Waals surface area contributed by atoms with Gasteiger partial charge in [0.25, 0.3) is 0 Å². The first kappa shape index (κ1) is 12.8. The molecule has 1 aliphatic carbocycles. The van der Waals surface area contributed by atoms with E-state index >= 15 is 0 Å². The van der Waals surface area contributed by atoms with Crippen molar-refractivity contribution in [1.82, 2.24) is 4.90 Å². The second-order valence-corrected chi connectivity index (χ2v) is 6.31. The van der Waals surface area contributed by atoms with E-state index in [4.69, 9.17) is 17.3 Å². The van der Waals surface area contributed by atoms with Gasteiger partial charge >= 0.3 is 5.97 Å². The molecule has 6 heteroatoms. The molecule has 2 fully saturated rings. The van der Waals surface area contributed by atoms with Gasteiger partial charge in [-0.05, 0) is 12.8 Å². The van der Waals surface area contributed by atoms with E-state index in [9.17, 15) is 9.59 Å². The van der Waals surface area contributed by atoms with Crippen molar-refractivity contribution in [2.75, 3.05) is 0 Å². The number of nitrogens with zero attached hydrogens (tertiary/aromatic N) is 1. The monoisotopic (exact) mass is 273 g/mol. The average molecular weight is 273 g/mol. The predicted octanol–water partition coefficient (Wildman–Crippen LogP) is 2.02. The smallest absolute Gasteiger partial charge is 0.305 e. The minimum atomic E-state index is -0.941. The van der Waals surface area contributed by atoms with Crippen molar-refractivity contribution < 1.29 is 14.7 Å². The molecule has 4 nitrogen and oxygen atoms in total. The zero-order valence-electron chi connectivity index (χ0n) is 9.42. The summed E-state index contributed by atoms with van der Waals surface area (Å²) in [6.07, 6.45) is 5.33. The third kappa shape index (κ3) is 2.80. The van der Waals surface area contributed by atoms with E-state index < -0.39 is 11.2 Å². The largest absolute Gasteiger partial charge is 0.481 e. The van der Waals surface area contributed by atoms with Gasteiger partial charge in [0.1, 0.15) is 9.57 Å². The molecular weight excluding hydrogens is 258 g/mol. The van der Waals surface area contributed by atoms with E-state index in [2.05, 4.69) is 0 Å². The fourth-order valence-electron chi connectivity index (χ4n) is 2.43. The summed E-state index contributed by atoms with van der Waals surface area (Å²) < 4.78 is 0.563. The van der Waals surface area contributed by atoms with Crippen LogP contribution in [0, 0.1) is 0 Å². The molecular formula is C11H15NO3S2. The van der Waals surface area contributed by atoms with Crippen molar-refractivity contribution in [3.05, 3.63) is 0 Å². The van der Waals surface area contributed by atoms with Crippen LogP contribution in [-0.2, 0) is 9.59 Å². The highest BCUT2D eigenvalue weighted by molar-refractivity contribution is 8.24. The van der Waals surface area contributed by atoms with Gasteiger partial charge in [-0.2, -0.15) is 0 Å². The highest BCUT2D eigenvalue weighted by atomic mass is 32.2. The van der Waals surface area contributed by atoms with Crippen LogP contribution in [0.5, 0.6) is 0 Å². The minimum Gasteiger partial charge on any atom is -0.481 e. The van der Waals surface area contributed by atoms with Crippen molar-refractivity contribution >= 4 is 40.2 Å². The van der Waals surface area contributed by atoms with E-state index in [-0.39, 0.29) is 18.4 Å². The third-order valence-electron chi connectivity index (χ3n) is 3.25. The first-order chi connectivity index (χ1) is 8.09. The molecule has 1 saturated heterocycles. The van der Waals surface area contributed by atoms with Crippen LogP contribution in [-0.4, -0.2) is 37.5 Å². The normalized spacial score (nSPS) is 26.6. The second kappa shape index (κ2) is 5.35. The number of carboxylic acid groups (broad SMARTS) is 1. The summed E-state index contributed by atoms with van der Waals surface area (Å²) in [5.74, 6) is -1.04. The molecule has 2 aliphatic rings. The van der Waals surface area contributed by atoms with E-state index in [0.29, 0.717) is 4.32 Å². The number of rotatable bonds is 3. The van der Waals surface area contributed by atoms with Crippen LogP contribution >= 0.6 is 24.0 Å². The van der Waals surface area contributed by atoms with Crippen LogP contribution in [0.3, 0.4) is 0 Å². The Morgan fingerprint density at radius 1 is 1.41 bits per heavy atom. The van der Waals surface area contributed by atoms with Gasteiger partial charge in [-0.25, -0.2) is 0 Å². The second-order valence-electron chi connectivity index (χ2n) is 4.47. The minimum absolute atomic E-state index is 0.102. The quantitative estimate of drug-likeness (QED) is 0.797. The molecule has 0 aromatic heterocycles. The molecule has 1 heterocycles. The molecule has 1 N–H and O–H groups in total. The number of hydrogen-bond donors (Lipinski definition) is 1. The van der Waals surface area contributed by atoms with Crippen LogP contribution < -0.4 is 0 Å². The van der Waals surface area contributed by atoms with Crippen molar-refractivity contribution in [2.24, 2.45) is 0 Å². The number of carboxylic acids is 1. The summed E-state index contributed by atoms with van der Waals surface area (Å²) in [5, 5.41) is 8.24. The molecule has 2 rings (SSSR count). The summed E-state index contributed by atoms with van der Waals surface area (Å²) in [4.78, 5) is 24.4. The first-order valence-corrected chi connectivity index (χ1v) is 7.14. The van der Waals surface area contributed by atoms with Crippen LogP contribution in [0.25, 0.3) is 0 Å². The summed E-state index contributed by atoms with van der Waals surface area (Å²) in [6, 6.07) is 0.204. The Kier molecular flexibility index (Phi) is 4.04. The molecule has 0 aromatic carbocycles. The summed E-state index contributed by atoms with van der Waals surface area (Å²) >= 11 is 6.43. The van der Waals surface area contributed by atoms with Crippen LogP contribution in [0.4, 0.5) is 0 Å². The lowest BCUT2D eigenvalue weighted by molar-refractivity contribution is -0.139. The topological polar surface area (TPSA) is 57.6 Å². The Balaban J connectivity index is 2.05. The Bertz CT molecular complexity index is 353. The van der Waals surface area contributed by atoms with E-state index in [1.54, 1.807) is 4.90 Å². The molecule has 0 radical (unpaired) electrons. The molecule has 0 bridgehead atoms. The van der Waals surface area contributed by atoms with Crippen molar-refractivity contribution in [2.45, 2.75) is 49.8 Å². The summed E-state index contributed by atoms with van der Waals surface area (Å²) in [6.45, 7) is 0. The SMILES string of the molecule is O=C(O)C[C@@H]1SC(=S)N(C2CCCCC2)C1=O. The molecule has 0 aromatic rings. The van der Waals surface area contributed by atoms with Crippen LogP contribution in [0.15, 0.2) is 0 Å². The first-order valence-electron chi connectivity index (χ1n) is 5.85. The highest BCUT2D eigenvalue weighted by Crippen LogP contribution is 2.35. The van der Waals surface area contributed by atoms with E-state index in [1.165, 1.54) is 18.2 Å². The number of amides is 1. The lowest BCUT2D eigenvalue weighted by Gasteiger charge is -2.30. The number of hydrogen-bond acceptors (Lipinski definition) is 4. The van der Waals surface area contributed by atoms with Gasteiger partial charge in [0.2, 0.25) is 5.91 Å². The molecule has 17 heavy (non-hydrogen) atoms. The Morgan fingerprint density at radius 3 is 2.65 bits per heavy atom. The van der Waals surface area contributed by atoms with E-state index in [0.717, 1.165) is 25.7 Å². The molecule has 0 spiro atoms. The molecule has 1 atom stereocenters. The highest BCUT2D eigenvalue weighted by Gasteiger charge is 2.41. The van der Waals surface area contributed by atoms with Crippen LogP contribution in [0.1, 0.15) is 38.5 Å². The van der Waals surface area contributed by atoms with Gasteiger partial charge in [-0.15, -0.1) is 0 Å². The van der Waals surface area contributed by atoms with Gasteiger partial charge < -0.3 is 5.11 Å². The number of carbonyl (C=O) groups is 2. The molecule has 0 unspecified atom stereocenters. The standard InChI is InChI=1S/C11H15NO3S2/c13-9(14)6-8-10(15)12(11(16)17-8)7-4-2-1-3-5-7/h7-8H,1-6H2,(H,13,14)/t8-/m0/s1. The van der Waals surface area contributed by atoms with Gasteiger partial charge in [-0.3, -0.25) is 14.5 Å². The van der Waals surface area contributed by atoms with Gasteiger partial charge in [-0.1, -0.05) is 43.2 Å². The predicted molar refractivity (Wildman–Crippen MR) is 69.9 cm³/mol. The molecule has 94 valence electrons. The lowest BCUT2D eigenvalue weighted by Crippen LogP contribution is -2.41. The van der Waals surface area contributed by atoms with Gasteiger partial charge in [0.15, 0.2) is 0 Å². The maximum absolute atomic E-state index is 12.1. The van der Waals surface area contributed by atoms with Crippen molar-refractivity contribution in [1.29, 1.82) is 0 Å². The maximum Gasteiger partial charge on any atom is 0.305 e. The zero-order chi connectivity index (χ0) is 12.4. The Morgan fingerprint density at radius 2 is 2.06 bits per heavy atom. The van der Waals surface area contributed by atoms with Crippen LogP contribution in [0.2, 0.25) is 0 Å². The Labute approximate surface area is 110 Å². The number of thioether (sulfide) groups is 1. The number of aliphatic carboxylic acids is 1. The summed E-state index contributed by atoms with van der Waals surface area (Å²) in [7, 11) is 0. The molecule has 1 amide bonds. The summed E-state index contributed by atoms with van der Waals surface area (Å²) in [5.41, 5.74) is 0. The average Bonchev–Trinajstić information content (AvgIpc) is 2.54. The third-order valence-corrected chi connectivity index (χ3v) is 4.79. The molecule has 1 saturated carbocycles. The fraction of sp³-hybridized carbons (Fsp3) is 0.727. The number of carbonyl (C=O) groups excluding carboxylic acids is 1. The molecule has 1 aliphatic heterocycles.